The molecule has 98 valence electrons. The van der Waals surface area contributed by atoms with Crippen LogP contribution in [0.15, 0.2) is 24.5 Å². The number of nitrogen functional groups attached to an aromatic ring is 1. The number of carbonyl (C=O) groups excluding carboxylic acids is 1. The molecule has 1 aliphatic heterocycles. The van der Waals surface area contributed by atoms with E-state index < -0.39 is 0 Å². The molecule has 7 nitrogen and oxygen atoms in total. The number of benzene rings is 1. The Balaban J connectivity index is 1.87. The molecule has 1 amide bonds. The summed E-state index contributed by atoms with van der Waals surface area (Å²) in [7, 11) is 0. The van der Waals surface area contributed by atoms with E-state index in [1.807, 2.05) is 0 Å². The molecule has 0 bridgehead atoms. The van der Waals surface area contributed by atoms with Crippen LogP contribution in [0, 0.1) is 0 Å². The Labute approximate surface area is 108 Å². The van der Waals surface area contributed by atoms with Crippen LogP contribution in [0.25, 0.3) is 0 Å². The van der Waals surface area contributed by atoms with Gasteiger partial charge in [0.25, 0.3) is 5.91 Å². The summed E-state index contributed by atoms with van der Waals surface area (Å²) in [6.07, 6.45) is 2.94. The number of nitrogens with zero attached hydrogens (tertiary/aromatic N) is 1. The van der Waals surface area contributed by atoms with Gasteiger partial charge in [0.2, 0.25) is 0 Å². The van der Waals surface area contributed by atoms with Crippen LogP contribution < -0.4 is 20.5 Å². The molecule has 0 radical (unpaired) electrons. The van der Waals surface area contributed by atoms with E-state index in [0.29, 0.717) is 41.7 Å². The third-order valence-electron chi connectivity index (χ3n) is 2.72. The third-order valence-corrected chi connectivity index (χ3v) is 2.72. The first-order valence-corrected chi connectivity index (χ1v) is 5.73. The maximum absolute atomic E-state index is 11.9. The fourth-order valence-corrected chi connectivity index (χ4v) is 1.78. The van der Waals surface area contributed by atoms with Crippen molar-refractivity contribution in [3.05, 3.63) is 30.1 Å². The molecule has 2 aromatic rings. The molecular formula is C12H12N4O3. The molecule has 0 fully saturated rings. The monoisotopic (exact) mass is 260 g/mol. The van der Waals surface area contributed by atoms with Gasteiger partial charge in [-0.05, 0) is 0 Å². The van der Waals surface area contributed by atoms with Crippen LogP contribution >= 0.6 is 0 Å². The van der Waals surface area contributed by atoms with E-state index in [1.54, 1.807) is 12.1 Å². The molecule has 2 heterocycles. The van der Waals surface area contributed by atoms with Gasteiger partial charge in [0.1, 0.15) is 13.2 Å². The number of hydrogen-bond donors (Lipinski definition) is 3. The zero-order valence-corrected chi connectivity index (χ0v) is 9.97. The van der Waals surface area contributed by atoms with Crippen LogP contribution in [0.3, 0.4) is 0 Å². The molecule has 0 unspecified atom stereocenters. The Kier molecular flexibility index (Phi) is 2.71. The van der Waals surface area contributed by atoms with Crippen molar-refractivity contribution in [2.24, 2.45) is 0 Å². The quantitative estimate of drug-likeness (QED) is 0.699. The van der Waals surface area contributed by atoms with Crippen molar-refractivity contribution < 1.29 is 14.3 Å². The van der Waals surface area contributed by atoms with Crippen LogP contribution in [0.2, 0.25) is 0 Å². The van der Waals surface area contributed by atoms with Gasteiger partial charge >= 0.3 is 0 Å². The summed E-state index contributed by atoms with van der Waals surface area (Å²) >= 11 is 0. The van der Waals surface area contributed by atoms with Gasteiger partial charge in [-0.1, -0.05) is 0 Å². The molecule has 0 aliphatic carbocycles. The standard InChI is InChI=1S/C12H12N4O3/c13-8-3-10-11(19-2-1-18-10)4-9(8)16-12(17)7-5-14-15-6-7/h3-6H,1-2,13H2,(H,14,15)(H,16,17). The summed E-state index contributed by atoms with van der Waals surface area (Å²) in [5.74, 6) is 0.866. The highest BCUT2D eigenvalue weighted by atomic mass is 16.6. The molecule has 1 aromatic heterocycles. The average Bonchev–Trinajstić information content (AvgIpc) is 2.93. The molecule has 1 aliphatic rings. The normalized spacial score (nSPS) is 13.1. The van der Waals surface area contributed by atoms with E-state index in [2.05, 4.69) is 15.5 Å². The number of aromatic amines is 1. The second kappa shape index (κ2) is 4.52. The van der Waals surface area contributed by atoms with Crippen LogP contribution in [0.5, 0.6) is 11.5 Å². The van der Waals surface area contributed by atoms with Gasteiger partial charge in [-0.3, -0.25) is 9.89 Å². The maximum Gasteiger partial charge on any atom is 0.258 e. The summed E-state index contributed by atoms with van der Waals surface area (Å²) in [6, 6.07) is 3.29. The summed E-state index contributed by atoms with van der Waals surface area (Å²) in [5.41, 5.74) is 7.20. The van der Waals surface area contributed by atoms with Crippen molar-refractivity contribution in [2.75, 3.05) is 24.3 Å². The summed E-state index contributed by atoms with van der Waals surface area (Å²) in [6.45, 7) is 0.971. The largest absolute Gasteiger partial charge is 0.486 e. The number of nitrogens with one attached hydrogen (secondary N) is 2. The number of H-pyrrole nitrogens is 1. The molecule has 7 heteroatoms. The van der Waals surface area contributed by atoms with Gasteiger partial charge in [0, 0.05) is 18.3 Å². The lowest BCUT2D eigenvalue weighted by Gasteiger charge is -2.20. The highest BCUT2D eigenvalue weighted by Crippen LogP contribution is 2.37. The van der Waals surface area contributed by atoms with Crippen LogP contribution in [-0.2, 0) is 0 Å². The molecular weight excluding hydrogens is 248 g/mol. The van der Waals surface area contributed by atoms with Crippen molar-refractivity contribution in [1.29, 1.82) is 0 Å². The first-order valence-electron chi connectivity index (χ1n) is 5.73. The number of hydrogen-bond acceptors (Lipinski definition) is 5. The predicted octanol–water partition coefficient (Wildman–Crippen LogP) is 1.02. The van der Waals surface area contributed by atoms with Crippen LogP contribution in [-0.4, -0.2) is 29.3 Å². The number of anilines is 2. The molecule has 3 rings (SSSR count). The molecule has 4 N–H and O–H groups in total. The Morgan fingerprint density at radius 3 is 2.74 bits per heavy atom. The number of ether oxygens (including phenoxy) is 2. The highest BCUT2D eigenvalue weighted by Gasteiger charge is 2.16. The van der Waals surface area contributed by atoms with Crippen molar-refractivity contribution in [3.63, 3.8) is 0 Å². The molecule has 0 spiro atoms. The number of amides is 1. The van der Waals surface area contributed by atoms with Crippen LogP contribution in [0.1, 0.15) is 10.4 Å². The molecule has 0 saturated carbocycles. The number of carbonyl (C=O) groups is 1. The van der Waals surface area contributed by atoms with Gasteiger partial charge in [-0.25, -0.2) is 0 Å². The lowest BCUT2D eigenvalue weighted by atomic mass is 10.2. The minimum Gasteiger partial charge on any atom is -0.486 e. The third kappa shape index (κ3) is 2.17. The highest BCUT2D eigenvalue weighted by molar-refractivity contribution is 6.05. The lowest BCUT2D eigenvalue weighted by Crippen LogP contribution is -2.17. The molecule has 0 atom stereocenters. The van der Waals surface area contributed by atoms with E-state index in [4.69, 9.17) is 15.2 Å². The zero-order chi connectivity index (χ0) is 13.2. The van der Waals surface area contributed by atoms with Gasteiger partial charge < -0.3 is 20.5 Å². The second-order valence-corrected chi connectivity index (χ2v) is 4.02. The van der Waals surface area contributed by atoms with E-state index in [1.165, 1.54) is 12.4 Å². The fraction of sp³-hybridized carbons (Fsp3) is 0.167. The Morgan fingerprint density at radius 2 is 2.05 bits per heavy atom. The van der Waals surface area contributed by atoms with E-state index in [0.717, 1.165) is 0 Å². The SMILES string of the molecule is Nc1cc2c(cc1NC(=O)c1cn[nH]c1)OCCO2. The second-order valence-electron chi connectivity index (χ2n) is 4.02. The molecule has 0 saturated heterocycles. The topological polar surface area (TPSA) is 102 Å². The minimum absolute atomic E-state index is 0.294. The van der Waals surface area contributed by atoms with Gasteiger partial charge in [-0.15, -0.1) is 0 Å². The Hall–Kier alpha value is -2.70. The maximum atomic E-state index is 11.9. The first kappa shape index (κ1) is 11.4. The van der Waals surface area contributed by atoms with E-state index >= 15 is 0 Å². The van der Waals surface area contributed by atoms with Gasteiger partial charge in [0.15, 0.2) is 11.5 Å². The zero-order valence-electron chi connectivity index (χ0n) is 9.97. The predicted molar refractivity (Wildman–Crippen MR) is 68.4 cm³/mol. The average molecular weight is 260 g/mol. The van der Waals surface area contributed by atoms with E-state index in [-0.39, 0.29) is 5.91 Å². The summed E-state index contributed by atoms with van der Waals surface area (Å²) in [4.78, 5) is 11.9. The number of aromatic nitrogens is 2. The van der Waals surface area contributed by atoms with Crippen molar-refractivity contribution in [1.82, 2.24) is 10.2 Å². The fourth-order valence-electron chi connectivity index (χ4n) is 1.78. The summed E-state index contributed by atoms with van der Waals surface area (Å²) in [5, 5.41) is 8.99. The minimum atomic E-state index is -0.294. The first-order chi connectivity index (χ1) is 9.24. The smallest absolute Gasteiger partial charge is 0.258 e. The summed E-state index contributed by atoms with van der Waals surface area (Å²) < 4.78 is 10.8. The lowest BCUT2D eigenvalue weighted by molar-refractivity contribution is 0.102. The molecule has 19 heavy (non-hydrogen) atoms. The van der Waals surface area contributed by atoms with Gasteiger partial charge in [0.05, 0.1) is 23.1 Å². The number of fused-ring (bicyclic) bond motifs is 1. The van der Waals surface area contributed by atoms with E-state index in [9.17, 15) is 4.79 Å². The Bertz CT molecular complexity index is 610. The van der Waals surface area contributed by atoms with Crippen LogP contribution in [0.4, 0.5) is 11.4 Å². The van der Waals surface area contributed by atoms with Crippen molar-refractivity contribution in [2.45, 2.75) is 0 Å². The number of rotatable bonds is 2. The van der Waals surface area contributed by atoms with Crippen molar-refractivity contribution >= 4 is 17.3 Å². The van der Waals surface area contributed by atoms with Crippen molar-refractivity contribution in [3.8, 4) is 11.5 Å². The Morgan fingerprint density at radius 1 is 1.32 bits per heavy atom. The number of nitrogens with two attached hydrogens (primary N) is 1. The van der Waals surface area contributed by atoms with Gasteiger partial charge in [-0.2, -0.15) is 5.10 Å². The molecule has 1 aromatic carbocycles.